The van der Waals surface area contributed by atoms with Crippen LogP contribution in [-0.2, 0) is 4.79 Å². The number of benzene rings is 1. The van der Waals surface area contributed by atoms with E-state index in [9.17, 15) is 4.79 Å². The maximum Gasteiger partial charge on any atom is 0.303 e. The Morgan fingerprint density at radius 2 is 2.06 bits per heavy atom. The van der Waals surface area contributed by atoms with Crippen LogP contribution in [-0.4, -0.2) is 24.2 Å². The minimum absolute atomic E-state index is 0.115. The highest BCUT2D eigenvalue weighted by molar-refractivity contribution is 5.67. The Morgan fingerprint density at radius 1 is 1.39 bits per heavy atom. The first-order valence-electron chi connectivity index (χ1n) is 6.51. The number of piperidine rings is 1. The van der Waals surface area contributed by atoms with Gasteiger partial charge in [0.1, 0.15) is 0 Å². The summed E-state index contributed by atoms with van der Waals surface area (Å²) >= 11 is 0. The average Bonchev–Trinajstić information content (AvgIpc) is 2.32. The van der Waals surface area contributed by atoms with Gasteiger partial charge in [0.25, 0.3) is 0 Å². The number of aliphatic carboxylic acids is 1. The van der Waals surface area contributed by atoms with Crippen LogP contribution in [0.5, 0.6) is 0 Å². The monoisotopic (exact) mass is 247 g/mol. The smallest absolute Gasteiger partial charge is 0.303 e. The third kappa shape index (κ3) is 2.84. The summed E-state index contributed by atoms with van der Waals surface area (Å²) in [5.41, 5.74) is 1.31. The van der Waals surface area contributed by atoms with Crippen LogP contribution < -0.4 is 4.90 Å². The topological polar surface area (TPSA) is 40.5 Å². The molecule has 1 aromatic rings. The molecule has 0 bridgehead atoms. The molecule has 1 atom stereocenters. The molecule has 1 aliphatic rings. The molecule has 1 unspecified atom stereocenters. The molecule has 1 aromatic carbocycles. The van der Waals surface area contributed by atoms with Crippen molar-refractivity contribution in [2.75, 3.05) is 18.0 Å². The highest BCUT2D eigenvalue weighted by Gasteiger charge is 2.36. The lowest BCUT2D eigenvalue weighted by Gasteiger charge is -2.44. The number of anilines is 1. The standard InChI is InChI=1S/C15H21NO2/c1-15(2)8-9-16(11-12(15)10-14(17)18)13-6-4-3-5-7-13/h3-7,12H,8-11H2,1-2H3,(H,17,18). The number of para-hydroxylation sites is 1. The maximum atomic E-state index is 11.0. The number of rotatable bonds is 3. The number of carboxylic acids is 1. The van der Waals surface area contributed by atoms with Crippen molar-refractivity contribution < 1.29 is 9.90 Å². The Labute approximate surface area is 108 Å². The number of carboxylic acid groups (broad SMARTS) is 1. The lowest BCUT2D eigenvalue weighted by Crippen LogP contribution is -2.45. The lowest BCUT2D eigenvalue weighted by atomic mass is 9.72. The van der Waals surface area contributed by atoms with Crippen molar-refractivity contribution in [3.63, 3.8) is 0 Å². The van der Waals surface area contributed by atoms with Crippen LogP contribution >= 0.6 is 0 Å². The first-order valence-corrected chi connectivity index (χ1v) is 6.51. The first-order chi connectivity index (χ1) is 8.49. The minimum atomic E-state index is -0.692. The maximum absolute atomic E-state index is 11.0. The highest BCUT2D eigenvalue weighted by Crippen LogP contribution is 2.38. The molecular weight excluding hydrogens is 226 g/mol. The van der Waals surface area contributed by atoms with E-state index in [2.05, 4.69) is 30.9 Å². The fourth-order valence-electron chi connectivity index (χ4n) is 2.66. The molecule has 0 amide bonds. The molecule has 1 saturated heterocycles. The van der Waals surface area contributed by atoms with Crippen LogP contribution in [0.25, 0.3) is 0 Å². The molecule has 3 heteroatoms. The number of hydrogen-bond acceptors (Lipinski definition) is 2. The molecular formula is C15H21NO2. The van der Waals surface area contributed by atoms with Crippen LogP contribution in [0.2, 0.25) is 0 Å². The fraction of sp³-hybridized carbons (Fsp3) is 0.533. The Morgan fingerprint density at radius 3 is 2.67 bits per heavy atom. The van der Waals surface area contributed by atoms with Crippen molar-refractivity contribution in [3.05, 3.63) is 30.3 Å². The van der Waals surface area contributed by atoms with Gasteiger partial charge in [0, 0.05) is 18.8 Å². The number of hydrogen-bond donors (Lipinski definition) is 1. The summed E-state index contributed by atoms with van der Waals surface area (Å²) in [6.45, 7) is 6.21. The molecule has 98 valence electrons. The van der Waals surface area contributed by atoms with E-state index in [1.807, 2.05) is 18.2 Å². The van der Waals surface area contributed by atoms with Crippen LogP contribution in [0.3, 0.4) is 0 Å². The molecule has 0 aromatic heterocycles. The van der Waals surface area contributed by atoms with Crippen molar-refractivity contribution in [1.29, 1.82) is 0 Å². The predicted molar refractivity (Wildman–Crippen MR) is 72.8 cm³/mol. The summed E-state index contributed by atoms with van der Waals surface area (Å²) in [5.74, 6) is -0.480. The van der Waals surface area contributed by atoms with E-state index < -0.39 is 5.97 Å². The highest BCUT2D eigenvalue weighted by atomic mass is 16.4. The average molecular weight is 247 g/mol. The summed E-state index contributed by atoms with van der Waals surface area (Å²) in [6, 6.07) is 10.3. The van der Waals surface area contributed by atoms with E-state index in [0.29, 0.717) is 0 Å². The fourth-order valence-corrected chi connectivity index (χ4v) is 2.66. The van der Waals surface area contributed by atoms with Crippen LogP contribution in [0.15, 0.2) is 30.3 Å². The summed E-state index contributed by atoms with van der Waals surface area (Å²) in [5, 5.41) is 9.04. The quantitative estimate of drug-likeness (QED) is 0.892. The zero-order valence-corrected chi connectivity index (χ0v) is 11.1. The van der Waals surface area contributed by atoms with Gasteiger partial charge in [-0.2, -0.15) is 0 Å². The Hall–Kier alpha value is -1.51. The third-order valence-corrected chi connectivity index (χ3v) is 4.11. The SMILES string of the molecule is CC1(C)CCN(c2ccccc2)CC1CC(=O)O. The van der Waals surface area contributed by atoms with Gasteiger partial charge in [-0.05, 0) is 29.9 Å². The Kier molecular flexibility index (Phi) is 3.60. The van der Waals surface area contributed by atoms with E-state index in [1.165, 1.54) is 5.69 Å². The van der Waals surface area contributed by atoms with Crippen LogP contribution in [0.1, 0.15) is 26.7 Å². The molecule has 2 rings (SSSR count). The van der Waals surface area contributed by atoms with Gasteiger partial charge in [-0.3, -0.25) is 4.79 Å². The van der Waals surface area contributed by atoms with Crippen molar-refractivity contribution in [2.24, 2.45) is 11.3 Å². The molecule has 0 aliphatic carbocycles. The van der Waals surface area contributed by atoms with Gasteiger partial charge in [0.15, 0.2) is 0 Å². The second kappa shape index (κ2) is 5.01. The molecule has 0 spiro atoms. The molecule has 0 radical (unpaired) electrons. The van der Waals surface area contributed by atoms with Gasteiger partial charge in [0.2, 0.25) is 0 Å². The number of carbonyl (C=O) groups is 1. The Bertz CT molecular complexity index is 414. The van der Waals surface area contributed by atoms with Gasteiger partial charge >= 0.3 is 5.97 Å². The lowest BCUT2D eigenvalue weighted by molar-refractivity contribution is -0.139. The van der Waals surface area contributed by atoms with Crippen molar-refractivity contribution in [1.82, 2.24) is 0 Å². The van der Waals surface area contributed by atoms with Crippen LogP contribution in [0, 0.1) is 11.3 Å². The second-order valence-electron chi connectivity index (χ2n) is 5.81. The summed E-state index contributed by atoms with van der Waals surface area (Å²) < 4.78 is 0. The van der Waals surface area contributed by atoms with Crippen LogP contribution in [0.4, 0.5) is 5.69 Å². The molecule has 1 fully saturated rings. The first kappa shape index (κ1) is 12.9. The van der Waals surface area contributed by atoms with Gasteiger partial charge in [-0.15, -0.1) is 0 Å². The summed E-state index contributed by atoms with van der Waals surface area (Å²) in [4.78, 5) is 13.3. The zero-order valence-electron chi connectivity index (χ0n) is 11.1. The van der Waals surface area contributed by atoms with E-state index in [4.69, 9.17) is 5.11 Å². The van der Waals surface area contributed by atoms with E-state index in [-0.39, 0.29) is 17.8 Å². The normalized spacial score (nSPS) is 22.8. The third-order valence-electron chi connectivity index (χ3n) is 4.11. The number of nitrogens with zero attached hydrogens (tertiary/aromatic N) is 1. The molecule has 0 saturated carbocycles. The van der Waals surface area contributed by atoms with Crippen molar-refractivity contribution in [2.45, 2.75) is 26.7 Å². The Balaban J connectivity index is 2.12. The summed E-state index contributed by atoms with van der Waals surface area (Å²) in [7, 11) is 0. The molecule has 1 heterocycles. The van der Waals surface area contributed by atoms with Crippen molar-refractivity contribution in [3.8, 4) is 0 Å². The molecule has 1 aliphatic heterocycles. The second-order valence-corrected chi connectivity index (χ2v) is 5.81. The van der Waals surface area contributed by atoms with E-state index in [0.717, 1.165) is 19.5 Å². The van der Waals surface area contributed by atoms with Gasteiger partial charge in [-0.1, -0.05) is 32.0 Å². The van der Waals surface area contributed by atoms with E-state index >= 15 is 0 Å². The molecule has 18 heavy (non-hydrogen) atoms. The van der Waals surface area contributed by atoms with Gasteiger partial charge in [0.05, 0.1) is 6.42 Å². The molecule has 1 N–H and O–H groups in total. The largest absolute Gasteiger partial charge is 0.481 e. The van der Waals surface area contributed by atoms with Crippen molar-refractivity contribution >= 4 is 11.7 Å². The zero-order chi connectivity index (χ0) is 13.2. The van der Waals surface area contributed by atoms with Gasteiger partial charge < -0.3 is 10.0 Å². The van der Waals surface area contributed by atoms with Gasteiger partial charge in [-0.25, -0.2) is 0 Å². The van der Waals surface area contributed by atoms with E-state index in [1.54, 1.807) is 0 Å². The minimum Gasteiger partial charge on any atom is -0.481 e. The molecule has 3 nitrogen and oxygen atoms in total. The summed E-state index contributed by atoms with van der Waals surface area (Å²) in [6.07, 6.45) is 1.30. The predicted octanol–water partition coefficient (Wildman–Crippen LogP) is 3.01.